The van der Waals surface area contributed by atoms with Gasteiger partial charge < -0.3 is 48.1 Å². The summed E-state index contributed by atoms with van der Waals surface area (Å²) in [6, 6.07) is 0. The van der Waals surface area contributed by atoms with Crippen molar-refractivity contribution in [1.82, 2.24) is 0 Å². The molecule has 1 aliphatic heterocycles. The molecule has 5 aliphatic rings. The normalized spacial score (nSPS) is 46.4. The Labute approximate surface area is 251 Å². The molecule has 5 fully saturated rings. The highest BCUT2D eigenvalue weighted by Crippen LogP contribution is 2.73. The molecule has 0 aromatic heterocycles. The zero-order chi connectivity index (χ0) is 31.5. The summed E-state index contributed by atoms with van der Waals surface area (Å²) in [6.07, 6.45) is -6.66. The Balaban J connectivity index is 1.65. The summed E-state index contributed by atoms with van der Waals surface area (Å²) in [5.41, 5.74) is -4.49. The lowest BCUT2D eigenvalue weighted by Crippen LogP contribution is -2.78. The summed E-state index contributed by atoms with van der Waals surface area (Å²) in [5.74, 6) is -2.85. The first-order chi connectivity index (χ1) is 20.1. The number of rotatable bonds is 10. The van der Waals surface area contributed by atoms with Crippen LogP contribution in [0, 0.1) is 28.6 Å². The van der Waals surface area contributed by atoms with Crippen LogP contribution in [0.5, 0.6) is 0 Å². The number of aliphatic hydroxyl groups excluding tert-OH is 1. The second kappa shape index (κ2) is 11.9. The molecule has 1 unspecified atom stereocenters. The van der Waals surface area contributed by atoms with Crippen molar-refractivity contribution in [2.75, 3.05) is 48.3 Å². The molecule has 5 rings (SSSR count). The van der Waals surface area contributed by atoms with E-state index in [-0.39, 0.29) is 51.8 Å². The molecule has 0 radical (unpaired) electrons. The minimum atomic E-state index is -4.79. The quantitative estimate of drug-likeness (QED) is 0.348. The fourth-order valence-corrected chi connectivity index (χ4v) is 10.1. The number of hydrogen-bond acceptors (Lipinski definition) is 10. The molecule has 4 aliphatic carbocycles. The van der Waals surface area contributed by atoms with Gasteiger partial charge in [-0.1, -0.05) is 6.92 Å². The molecule has 2 N–H and O–H groups in total. The van der Waals surface area contributed by atoms with Gasteiger partial charge in [0.1, 0.15) is 20.4 Å². The van der Waals surface area contributed by atoms with Crippen LogP contribution < -0.4 is 0 Å². The molecule has 250 valence electrons. The van der Waals surface area contributed by atoms with Gasteiger partial charge in [-0.2, -0.15) is 13.2 Å². The lowest BCUT2D eigenvalue weighted by molar-refractivity contribution is -0.409. The number of hydrogen-bond donors (Lipinski definition) is 2. The van der Waals surface area contributed by atoms with E-state index in [1.807, 2.05) is 13.8 Å². The predicted octanol–water partition coefficient (Wildman–Crippen LogP) is 3.76. The second-order valence-electron chi connectivity index (χ2n) is 14.0. The van der Waals surface area contributed by atoms with Gasteiger partial charge in [-0.25, -0.2) is 0 Å². The predicted molar refractivity (Wildman–Crippen MR) is 144 cm³/mol. The van der Waals surface area contributed by atoms with E-state index in [0.717, 1.165) is 0 Å². The number of alkyl halides is 3. The molecule has 0 bridgehead atoms. The van der Waals surface area contributed by atoms with Gasteiger partial charge in [-0.3, -0.25) is 0 Å². The largest absolute Gasteiger partial charge is 0.414 e. The highest BCUT2D eigenvalue weighted by molar-refractivity contribution is 5.26. The summed E-state index contributed by atoms with van der Waals surface area (Å²) in [7, 11) is 4.52. The lowest BCUT2D eigenvalue weighted by Gasteiger charge is -2.71. The third kappa shape index (κ3) is 5.27. The zero-order valence-corrected chi connectivity index (χ0v) is 26.1. The zero-order valence-electron chi connectivity index (χ0n) is 26.1. The molecule has 0 amide bonds. The summed E-state index contributed by atoms with van der Waals surface area (Å²) in [6.45, 7) is 5.48. The fraction of sp³-hybridized carbons (Fsp3) is 1.00. The molecule has 10 nitrogen and oxygen atoms in total. The van der Waals surface area contributed by atoms with E-state index in [1.54, 1.807) is 14.0 Å². The van der Waals surface area contributed by atoms with Crippen LogP contribution in [0.2, 0.25) is 0 Å². The molecule has 43 heavy (non-hydrogen) atoms. The number of halogens is 3. The molecule has 1 saturated heterocycles. The summed E-state index contributed by atoms with van der Waals surface area (Å²) in [4.78, 5) is 0. The van der Waals surface area contributed by atoms with Gasteiger partial charge in [0.05, 0.1) is 41.5 Å². The van der Waals surface area contributed by atoms with E-state index in [4.69, 9.17) is 37.9 Å². The lowest BCUT2D eigenvalue weighted by atomic mass is 9.40. The van der Waals surface area contributed by atoms with Crippen molar-refractivity contribution in [3.63, 3.8) is 0 Å². The first kappa shape index (κ1) is 33.7. The van der Waals surface area contributed by atoms with Gasteiger partial charge in [0.15, 0.2) is 11.9 Å². The van der Waals surface area contributed by atoms with Crippen LogP contribution in [0.25, 0.3) is 0 Å². The van der Waals surface area contributed by atoms with Crippen molar-refractivity contribution in [2.24, 2.45) is 28.6 Å². The van der Waals surface area contributed by atoms with Crippen molar-refractivity contribution in [3.8, 4) is 0 Å². The third-order valence-electron chi connectivity index (χ3n) is 11.7. The summed E-state index contributed by atoms with van der Waals surface area (Å²) in [5, 5.41) is 23.4. The first-order valence-electron chi connectivity index (χ1n) is 15.3. The molecule has 4 saturated carbocycles. The van der Waals surface area contributed by atoms with Gasteiger partial charge in [0, 0.05) is 51.4 Å². The molecule has 0 aromatic carbocycles. The first-order valence-corrected chi connectivity index (χ1v) is 15.3. The van der Waals surface area contributed by atoms with E-state index in [0.29, 0.717) is 32.1 Å². The van der Waals surface area contributed by atoms with Crippen LogP contribution in [0.3, 0.4) is 0 Å². The van der Waals surface area contributed by atoms with Crippen LogP contribution in [0.15, 0.2) is 0 Å². The van der Waals surface area contributed by atoms with Crippen LogP contribution in [-0.2, 0) is 37.9 Å². The average molecular weight is 627 g/mol. The van der Waals surface area contributed by atoms with Gasteiger partial charge in [-0.15, -0.1) is 0 Å². The van der Waals surface area contributed by atoms with Gasteiger partial charge >= 0.3 is 6.18 Å². The minimum Gasteiger partial charge on any atom is -0.389 e. The van der Waals surface area contributed by atoms with E-state index < -0.39 is 64.1 Å². The monoisotopic (exact) mass is 626 g/mol. The summed E-state index contributed by atoms with van der Waals surface area (Å²) >= 11 is 0. The van der Waals surface area contributed by atoms with Crippen LogP contribution >= 0.6 is 0 Å². The smallest absolute Gasteiger partial charge is 0.389 e. The highest BCUT2D eigenvalue weighted by Gasteiger charge is 2.78. The van der Waals surface area contributed by atoms with E-state index in [1.165, 1.54) is 14.2 Å². The molecular formula is C30H49F3O10. The van der Waals surface area contributed by atoms with Gasteiger partial charge in [0.25, 0.3) is 0 Å². The van der Waals surface area contributed by atoms with Crippen molar-refractivity contribution in [2.45, 2.75) is 113 Å². The van der Waals surface area contributed by atoms with E-state index in [2.05, 4.69) is 0 Å². The Morgan fingerprint density at radius 3 is 2.26 bits per heavy atom. The van der Waals surface area contributed by atoms with Crippen LogP contribution in [0.4, 0.5) is 13.2 Å². The maximum Gasteiger partial charge on any atom is 0.414 e. The fourth-order valence-electron chi connectivity index (χ4n) is 10.1. The molecule has 0 aromatic rings. The van der Waals surface area contributed by atoms with E-state index in [9.17, 15) is 23.4 Å². The molecule has 11 atom stereocenters. The summed E-state index contributed by atoms with van der Waals surface area (Å²) < 4.78 is 90.0. The Bertz CT molecular complexity index is 984. The molecule has 1 heterocycles. The topological polar surface area (TPSA) is 114 Å². The maximum absolute atomic E-state index is 14.1. The van der Waals surface area contributed by atoms with Crippen LogP contribution in [0.1, 0.15) is 65.7 Å². The number of ether oxygens (including phenoxy) is 8. The molecule has 13 heteroatoms. The molecule has 1 spiro atoms. The third-order valence-corrected chi connectivity index (χ3v) is 11.7. The van der Waals surface area contributed by atoms with Gasteiger partial charge in [0.2, 0.25) is 0 Å². The van der Waals surface area contributed by atoms with Crippen molar-refractivity contribution in [1.29, 1.82) is 0 Å². The Morgan fingerprint density at radius 2 is 1.60 bits per heavy atom. The Hall–Kier alpha value is -0.610. The number of fused-ring (bicyclic) bond motifs is 3. The van der Waals surface area contributed by atoms with E-state index >= 15 is 0 Å². The average Bonchev–Trinajstić information content (AvgIpc) is 3.23. The van der Waals surface area contributed by atoms with Gasteiger partial charge in [-0.05, 0) is 51.9 Å². The Kier molecular flexibility index (Phi) is 9.32. The molecular weight excluding hydrogens is 577 g/mol. The number of aliphatic hydroxyl groups is 2. The van der Waals surface area contributed by atoms with Crippen LogP contribution in [-0.4, -0.2) is 106 Å². The maximum atomic E-state index is 14.1. The minimum absolute atomic E-state index is 0.0707. The van der Waals surface area contributed by atoms with Crippen molar-refractivity contribution < 1.29 is 61.3 Å². The standard InChI is InChI=1S/C30H49F3O10/c1-25(2)41-14-28-22(43-25)11-18(39-15-36-4)12-27(28,35)9-7-19-23(28)21(40-16-37-5)13-26(3)20(24(34)30(31,32)33)8-10-29(19,26)42-17-38-6/h18-24,34-35H,7-17H2,1-6H3/t18-,19+,20+,21+,22+,23+,24?,26+,27-,28+,29-/m0/s1. The van der Waals surface area contributed by atoms with Crippen molar-refractivity contribution in [3.05, 3.63) is 0 Å². The SMILES string of the molecule is COCO[C@H]1C[C@H]2OC(C)(C)OC[C@]23[C@@H]2[C@@H](CC[C@]3(O)C1)[C@@]1(OCOC)CC[C@H](C(O)C(F)(F)F)[C@@]1(C)C[C@H]2OCOC. The highest BCUT2D eigenvalue weighted by atomic mass is 19.4. The Morgan fingerprint density at radius 1 is 0.930 bits per heavy atom. The van der Waals surface area contributed by atoms with Crippen molar-refractivity contribution >= 4 is 0 Å². The number of methoxy groups -OCH3 is 3. The second-order valence-corrected chi connectivity index (χ2v) is 14.0.